The summed E-state index contributed by atoms with van der Waals surface area (Å²) in [6.07, 6.45) is 14.7. The first kappa shape index (κ1) is 19.2. The fraction of sp³-hybridized carbons (Fsp3) is 0.250. The van der Waals surface area contributed by atoms with Crippen LogP contribution in [-0.4, -0.2) is 33.9 Å². The summed E-state index contributed by atoms with van der Waals surface area (Å²) in [5.74, 6) is -0.0327. The van der Waals surface area contributed by atoms with Gasteiger partial charge in [-0.15, -0.1) is 0 Å². The van der Waals surface area contributed by atoms with E-state index in [1.807, 2.05) is 42.3 Å². The van der Waals surface area contributed by atoms with E-state index in [2.05, 4.69) is 38.1 Å². The average Bonchev–Trinajstić information content (AvgIpc) is 3.53. The van der Waals surface area contributed by atoms with Crippen molar-refractivity contribution < 1.29 is 0 Å². The number of fused-ring (bicyclic) bond motifs is 2. The molecule has 0 N–H and O–H groups in total. The normalized spacial score (nSPS) is 19.9. The molecule has 9 nitrogen and oxygen atoms in total. The SMILES string of the molecule is Cn1cc(-c2cn3nccc3c(-c3cn(C4(CC#N)CC(C#N)C4)c4ccncc34)n2)cn1. The standard InChI is InChI=1S/C24H19N9/c1-31-13-17(11-29-31)20-15-33-22(3-7-28-33)23(30-20)19-14-32(21-2-6-27-12-18(19)21)24(4-5-25)8-16(9-24)10-26/h2-3,6-7,11-16H,4,8-9H2,1H3. The summed E-state index contributed by atoms with van der Waals surface area (Å²) in [7, 11) is 1.87. The molecule has 33 heavy (non-hydrogen) atoms. The van der Waals surface area contributed by atoms with E-state index in [9.17, 15) is 10.5 Å². The summed E-state index contributed by atoms with van der Waals surface area (Å²) in [5.41, 5.74) is 4.83. The molecule has 0 spiro atoms. The second-order valence-corrected chi connectivity index (χ2v) is 8.64. The molecule has 0 radical (unpaired) electrons. The van der Waals surface area contributed by atoms with Gasteiger partial charge in [-0.3, -0.25) is 9.67 Å². The molecule has 0 atom stereocenters. The van der Waals surface area contributed by atoms with Gasteiger partial charge in [-0.2, -0.15) is 20.7 Å². The van der Waals surface area contributed by atoms with E-state index >= 15 is 0 Å². The molecule has 6 rings (SSSR count). The number of nitrogens with zero attached hydrogens (tertiary/aromatic N) is 9. The van der Waals surface area contributed by atoms with E-state index in [1.165, 1.54) is 0 Å². The van der Waals surface area contributed by atoms with Gasteiger partial charge in [0.05, 0.1) is 71.0 Å². The van der Waals surface area contributed by atoms with Gasteiger partial charge in [-0.1, -0.05) is 0 Å². The smallest absolute Gasteiger partial charge is 0.0989 e. The van der Waals surface area contributed by atoms with Crippen LogP contribution in [0.25, 0.3) is 38.9 Å². The molecule has 0 aromatic carbocycles. The van der Waals surface area contributed by atoms with Crippen molar-refractivity contribution in [3.8, 4) is 34.7 Å². The topological polar surface area (TPSA) is 113 Å². The third-order valence-corrected chi connectivity index (χ3v) is 6.61. The summed E-state index contributed by atoms with van der Waals surface area (Å²) in [6, 6.07) is 8.60. The van der Waals surface area contributed by atoms with E-state index in [1.54, 1.807) is 23.3 Å². The van der Waals surface area contributed by atoms with Gasteiger partial charge in [0.25, 0.3) is 0 Å². The number of pyridine rings is 1. The molecule has 5 aromatic rings. The molecule has 0 amide bonds. The predicted molar refractivity (Wildman–Crippen MR) is 120 cm³/mol. The lowest BCUT2D eigenvalue weighted by molar-refractivity contribution is 0.109. The highest BCUT2D eigenvalue weighted by atomic mass is 15.2. The number of rotatable bonds is 4. The maximum atomic E-state index is 9.57. The molecule has 0 unspecified atom stereocenters. The van der Waals surface area contributed by atoms with Gasteiger partial charge in [-0.25, -0.2) is 9.50 Å². The van der Waals surface area contributed by atoms with Crippen LogP contribution in [0.1, 0.15) is 19.3 Å². The second kappa shape index (κ2) is 7.01. The van der Waals surface area contributed by atoms with Crippen LogP contribution in [-0.2, 0) is 12.6 Å². The van der Waals surface area contributed by atoms with Crippen LogP contribution in [0.4, 0.5) is 0 Å². The molecule has 0 aliphatic heterocycles. The fourth-order valence-corrected chi connectivity index (χ4v) is 4.99. The first-order chi connectivity index (χ1) is 16.1. The van der Waals surface area contributed by atoms with Crippen LogP contribution in [0, 0.1) is 28.6 Å². The zero-order chi connectivity index (χ0) is 22.6. The summed E-state index contributed by atoms with van der Waals surface area (Å²) < 4.78 is 5.74. The molecular weight excluding hydrogens is 414 g/mol. The zero-order valence-electron chi connectivity index (χ0n) is 17.9. The van der Waals surface area contributed by atoms with Gasteiger partial charge in [0, 0.05) is 48.3 Å². The summed E-state index contributed by atoms with van der Waals surface area (Å²) >= 11 is 0. The number of hydrogen-bond acceptors (Lipinski definition) is 6. The first-order valence-electron chi connectivity index (χ1n) is 10.7. The molecule has 1 saturated carbocycles. The van der Waals surface area contributed by atoms with Crippen molar-refractivity contribution in [3.05, 3.63) is 55.5 Å². The lowest BCUT2D eigenvalue weighted by Gasteiger charge is -2.45. The Morgan fingerprint density at radius 3 is 2.67 bits per heavy atom. The molecule has 1 aliphatic rings. The predicted octanol–water partition coefficient (Wildman–Crippen LogP) is 3.69. The van der Waals surface area contributed by atoms with E-state index < -0.39 is 5.54 Å². The van der Waals surface area contributed by atoms with Crippen molar-refractivity contribution in [3.63, 3.8) is 0 Å². The maximum absolute atomic E-state index is 9.57. The van der Waals surface area contributed by atoms with E-state index in [0.717, 1.165) is 38.9 Å². The number of aryl methyl sites for hydroxylation is 1. The Morgan fingerprint density at radius 2 is 1.91 bits per heavy atom. The number of nitriles is 2. The lowest BCUT2D eigenvalue weighted by Crippen LogP contribution is -2.45. The Morgan fingerprint density at radius 1 is 1.06 bits per heavy atom. The van der Waals surface area contributed by atoms with Crippen molar-refractivity contribution in [2.24, 2.45) is 13.0 Å². The average molecular weight is 433 g/mol. The van der Waals surface area contributed by atoms with Crippen molar-refractivity contribution in [1.29, 1.82) is 10.5 Å². The van der Waals surface area contributed by atoms with Crippen LogP contribution in [0.3, 0.4) is 0 Å². The summed E-state index contributed by atoms with van der Waals surface area (Å²) in [6.45, 7) is 0. The highest BCUT2D eigenvalue weighted by Gasteiger charge is 2.46. The van der Waals surface area contributed by atoms with E-state index in [0.29, 0.717) is 19.3 Å². The molecule has 5 heterocycles. The molecule has 0 bridgehead atoms. The van der Waals surface area contributed by atoms with Crippen LogP contribution >= 0.6 is 0 Å². The van der Waals surface area contributed by atoms with Crippen molar-refractivity contribution >= 4 is 16.4 Å². The molecule has 0 saturated heterocycles. The van der Waals surface area contributed by atoms with Gasteiger partial charge < -0.3 is 4.57 Å². The molecule has 1 fully saturated rings. The molecule has 1 aliphatic carbocycles. The third kappa shape index (κ3) is 2.83. The Hall–Kier alpha value is -4.50. The highest BCUT2D eigenvalue weighted by molar-refractivity contribution is 5.98. The van der Waals surface area contributed by atoms with E-state index in [4.69, 9.17) is 4.98 Å². The van der Waals surface area contributed by atoms with Crippen molar-refractivity contribution in [2.75, 3.05) is 0 Å². The van der Waals surface area contributed by atoms with Crippen molar-refractivity contribution in [1.82, 2.24) is 33.9 Å². The number of hydrogen-bond donors (Lipinski definition) is 0. The lowest BCUT2D eigenvalue weighted by atomic mass is 9.67. The van der Waals surface area contributed by atoms with Crippen LogP contribution in [0.5, 0.6) is 0 Å². The Balaban J connectivity index is 1.60. The monoisotopic (exact) mass is 433 g/mol. The number of aromatic nitrogens is 7. The van der Waals surface area contributed by atoms with Crippen LogP contribution in [0.15, 0.2) is 55.5 Å². The molecular formula is C24H19N9. The minimum atomic E-state index is -0.398. The minimum Gasteiger partial charge on any atom is -0.339 e. The molecule has 9 heteroatoms. The second-order valence-electron chi connectivity index (χ2n) is 8.64. The largest absolute Gasteiger partial charge is 0.339 e. The van der Waals surface area contributed by atoms with Gasteiger partial charge in [0.1, 0.15) is 0 Å². The van der Waals surface area contributed by atoms with Crippen LogP contribution in [0.2, 0.25) is 0 Å². The quantitative estimate of drug-likeness (QED) is 0.427. The zero-order valence-corrected chi connectivity index (χ0v) is 17.9. The van der Waals surface area contributed by atoms with Gasteiger partial charge in [0.15, 0.2) is 0 Å². The maximum Gasteiger partial charge on any atom is 0.0989 e. The van der Waals surface area contributed by atoms with Crippen LogP contribution < -0.4 is 0 Å². The third-order valence-electron chi connectivity index (χ3n) is 6.61. The van der Waals surface area contributed by atoms with Gasteiger partial charge >= 0.3 is 0 Å². The Kier molecular flexibility index (Phi) is 4.08. The van der Waals surface area contributed by atoms with Crippen molar-refractivity contribution in [2.45, 2.75) is 24.8 Å². The first-order valence-corrected chi connectivity index (χ1v) is 10.7. The summed E-state index contributed by atoms with van der Waals surface area (Å²) in [4.78, 5) is 9.39. The molecule has 5 aromatic heterocycles. The Bertz CT molecular complexity index is 1600. The van der Waals surface area contributed by atoms with E-state index in [-0.39, 0.29) is 5.92 Å². The fourth-order valence-electron chi connectivity index (χ4n) is 4.99. The highest BCUT2D eigenvalue weighted by Crippen LogP contribution is 2.49. The minimum absolute atomic E-state index is 0.0327. The molecule has 160 valence electrons. The van der Waals surface area contributed by atoms with Gasteiger partial charge in [-0.05, 0) is 25.0 Å². The Labute approximate surface area is 189 Å². The summed E-state index contributed by atoms with van der Waals surface area (Å²) in [5, 5.41) is 28.6. The van der Waals surface area contributed by atoms with Gasteiger partial charge in [0.2, 0.25) is 0 Å².